The van der Waals surface area contributed by atoms with Crippen molar-refractivity contribution in [3.63, 3.8) is 0 Å². The highest BCUT2D eigenvalue weighted by Crippen LogP contribution is 2.32. The predicted molar refractivity (Wildman–Crippen MR) is 68.0 cm³/mol. The van der Waals surface area contributed by atoms with Gasteiger partial charge in [0.15, 0.2) is 0 Å². The summed E-state index contributed by atoms with van der Waals surface area (Å²) >= 11 is 6.08. The van der Waals surface area contributed by atoms with E-state index in [0.29, 0.717) is 29.2 Å². The number of anilines is 1. The van der Waals surface area contributed by atoms with Crippen LogP contribution in [0, 0.1) is 0 Å². The summed E-state index contributed by atoms with van der Waals surface area (Å²) in [6.07, 6.45) is 1.41. The Morgan fingerprint density at radius 3 is 2.72 bits per heavy atom. The Bertz CT molecular complexity index is 504. The maximum absolute atomic E-state index is 11.1. The third-order valence-electron chi connectivity index (χ3n) is 3.08. The van der Waals surface area contributed by atoms with Crippen molar-refractivity contribution < 1.29 is 14.7 Å². The zero-order valence-corrected chi connectivity index (χ0v) is 10.4. The highest BCUT2D eigenvalue weighted by atomic mass is 35.5. The van der Waals surface area contributed by atoms with Gasteiger partial charge >= 0.3 is 5.97 Å². The van der Waals surface area contributed by atoms with E-state index in [-0.39, 0.29) is 0 Å². The van der Waals surface area contributed by atoms with Crippen molar-refractivity contribution in [2.45, 2.75) is 18.9 Å². The molecule has 5 nitrogen and oxygen atoms in total. The van der Waals surface area contributed by atoms with Gasteiger partial charge in [0.2, 0.25) is 5.91 Å². The fraction of sp³-hybridized carbons (Fsp3) is 0.333. The van der Waals surface area contributed by atoms with Crippen LogP contribution in [-0.4, -0.2) is 29.6 Å². The minimum Gasteiger partial charge on any atom is -0.480 e. The van der Waals surface area contributed by atoms with Gasteiger partial charge in [-0.15, -0.1) is 0 Å². The topological polar surface area (TPSA) is 83.6 Å². The summed E-state index contributed by atoms with van der Waals surface area (Å²) in [5, 5.41) is 9.47. The molecule has 0 aliphatic carbocycles. The number of primary amides is 1. The number of carboxylic acids is 1. The Kier molecular flexibility index (Phi) is 3.43. The van der Waals surface area contributed by atoms with E-state index in [1.807, 2.05) is 0 Å². The number of benzene rings is 1. The summed E-state index contributed by atoms with van der Waals surface area (Å²) in [6, 6.07) is 4.11. The molecule has 96 valence electrons. The lowest BCUT2D eigenvalue weighted by atomic mass is 10.1. The van der Waals surface area contributed by atoms with Crippen molar-refractivity contribution in [1.29, 1.82) is 0 Å². The van der Waals surface area contributed by atoms with Gasteiger partial charge in [-0.1, -0.05) is 11.6 Å². The van der Waals surface area contributed by atoms with Crippen LogP contribution in [0.5, 0.6) is 0 Å². The van der Waals surface area contributed by atoms with Crippen molar-refractivity contribution in [2.24, 2.45) is 5.73 Å². The molecule has 1 saturated heterocycles. The zero-order chi connectivity index (χ0) is 13.3. The standard InChI is InChI=1S/C12H13ClN2O3/c13-8-6-7(11(14)16)3-4-9(8)15-5-1-2-10(15)12(17)18/h3-4,6,10H,1-2,5H2,(H2,14,16)(H,17,18). The summed E-state index contributed by atoms with van der Waals surface area (Å²) < 4.78 is 0. The molecule has 3 N–H and O–H groups in total. The van der Waals surface area contributed by atoms with Crippen LogP contribution in [0.4, 0.5) is 5.69 Å². The number of rotatable bonds is 3. The van der Waals surface area contributed by atoms with Crippen LogP contribution >= 0.6 is 11.6 Å². The summed E-state index contributed by atoms with van der Waals surface area (Å²) in [7, 11) is 0. The maximum Gasteiger partial charge on any atom is 0.326 e. The number of nitrogens with zero attached hydrogens (tertiary/aromatic N) is 1. The Hall–Kier alpha value is -1.75. The second-order valence-electron chi connectivity index (χ2n) is 4.22. The van der Waals surface area contributed by atoms with E-state index in [2.05, 4.69) is 0 Å². The Morgan fingerprint density at radius 2 is 2.17 bits per heavy atom. The van der Waals surface area contributed by atoms with E-state index in [1.54, 1.807) is 17.0 Å². The summed E-state index contributed by atoms with van der Waals surface area (Å²) in [5.74, 6) is -1.41. The molecule has 1 aliphatic heterocycles. The molecule has 6 heteroatoms. The normalized spacial score (nSPS) is 18.9. The zero-order valence-electron chi connectivity index (χ0n) is 9.60. The van der Waals surface area contributed by atoms with Crippen molar-refractivity contribution in [3.8, 4) is 0 Å². The minimum absolute atomic E-state index is 0.315. The van der Waals surface area contributed by atoms with E-state index in [0.717, 1.165) is 6.42 Å². The summed E-state index contributed by atoms with van der Waals surface area (Å²) in [4.78, 5) is 23.9. The van der Waals surface area contributed by atoms with Crippen LogP contribution in [0.25, 0.3) is 0 Å². The van der Waals surface area contributed by atoms with Crippen LogP contribution in [0.2, 0.25) is 5.02 Å². The quantitative estimate of drug-likeness (QED) is 0.870. The molecule has 1 atom stereocenters. The van der Waals surface area contributed by atoms with Crippen LogP contribution in [-0.2, 0) is 4.79 Å². The van der Waals surface area contributed by atoms with E-state index < -0.39 is 17.9 Å². The Morgan fingerprint density at radius 1 is 1.44 bits per heavy atom. The summed E-state index contributed by atoms with van der Waals surface area (Å²) in [5.41, 5.74) is 6.10. The second-order valence-corrected chi connectivity index (χ2v) is 4.63. The molecule has 1 amide bonds. The monoisotopic (exact) mass is 268 g/mol. The average molecular weight is 269 g/mol. The number of aliphatic carboxylic acids is 1. The SMILES string of the molecule is NC(=O)c1ccc(N2CCCC2C(=O)O)c(Cl)c1. The van der Waals surface area contributed by atoms with Crippen LogP contribution in [0.1, 0.15) is 23.2 Å². The molecule has 1 heterocycles. The van der Waals surface area contributed by atoms with Crippen molar-refractivity contribution in [1.82, 2.24) is 0 Å². The third kappa shape index (κ3) is 2.26. The van der Waals surface area contributed by atoms with Gasteiger partial charge in [0, 0.05) is 12.1 Å². The smallest absolute Gasteiger partial charge is 0.326 e. The molecular formula is C12H13ClN2O3. The van der Waals surface area contributed by atoms with Crippen LogP contribution < -0.4 is 10.6 Å². The first-order valence-electron chi connectivity index (χ1n) is 5.59. The molecule has 2 rings (SSSR count). The lowest BCUT2D eigenvalue weighted by molar-refractivity contribution is -0.138. The Labute approximate surface area is 109 Å². The highest BCUT2D eigenvalue weighted by molar-refractivity contribution is 6.33. The van der Waals surface area contributed by atoms with Gasteiger partial charge in [0.1, 0.15) is 6.04 Å². The van der Waals surface area contributed by atoms with Gasteiger partial charge in [-0.05, 0) is 31.0 Å². The Balaban J connectivity index is 2.33. The molecule has 1 aromatic carbocycles. The van der Waals surface area contributed by atoms with Gasteiger partial charge in [-0.2, -0.15) is 0 Å². The van der Waals surface area contributed by atoms with E-state index >= 15 is 0 Å². The first-order valence-corrected chi connectivity index (χ1v) is 5.97. The number of nitrogens with two attached hydrogens (primary N) is 1. The maximum atomic E-state index is 11.1. The number of carboxylic acid groups (broad SMARTS) is 1. The second kappa shape index (κ2) is 4.86. The van der Waals surface area contributed by atoms with Gasteiger partial charge < -0.3 is 15.7 Å². The minimum atomic E-state index is -0.859. The highest BCUT2D eigenvalue weighted by Gasteiger charge is 2.31. The molecule has 0 aromatic heterocycles. The average Bonchev–Trinajstić information content (AvgIpc) is 2.77. The molecule has 0 bridgehead atoms. The number of halogens is 1. The molecule has 0 radical (unpaired) electrons. The summed E-state index contributed by atoms with van der Waals surface area (Å²) in [6.45, 7) is 0.645. The van der Waals surface area contributed by atoms with E-state index in [1.165, 1.54) is 6.07 Å². The lowest BCUT2D eigenvalue weighted by Crippen LogP contribution is -2.36. The fourth-order valence-corrected chi connectivity index (χ4v) is 2.49. The first-order chi connectivity index (χ1) is 8.50. The molecule has 0 spiro atoms. The number of hydrogen-bond acceptors (Lipinski definition) is 3. The van der Waals surface area contributed by atoms with Crippen LogP contribution in [0.3, 0.4) is 0 Å². The number of carbonyl (C=O) groups excluding carboxylic acids is 1. The van der Waals surface area contributed by atoms with E-state index in [4.69, 9.17) is 22.4 Å². The number of carbonyl (C=O) groups is 2. The van der Waals surface area contributed by atoms with Crippen molar-refractivity contribution in [3.05, 3.63) is 28.8 Å². The third-order valence-corrected chi connectivity index (χ3v) is 3.38. The first kappa shape index (κ1) is 12.7. The van der Waals surface area contributed by atoms with Crippen molar-refractivity contribution >= 4 is 29.2 Å². The molecule has 1 aromatic rings. The lowest BCUT2D eigenvalue weighted by Gasteiger charge is -2.24. The number of hydrogen-bond donors (Lipinski definition) is 2. The largest absolute Gasteiger partial charge is 0.480 e. The fourth-order valence-electron chi connectivity index (χ4n) is 2.20. The predicted octanol–water partition coefficient (Wildman–Crippen LogP) is 1.49. The van der Waals surface area contributed by atoms with Crippen LogP contribution in [0.15, 0.2) is 18.2 Å². The van der Waals surface area contributed by atoms with Gasteiger partial charge in [0.25, 0.3) is 0 Å². The molecule has 1 aliphatic rings. The molecular weight excluding hydrogens is 256 g/mol. The van der Waals surface area contributed by atoms with E-state index in [9.17, 15) is 9.59 Å². The van der Waals surface area contributed by atoms with Crippen molar-refractivity contribution in [2.75, 3.05) is 11.4 Å². The molecule has 18 heavy (non-hydrogen) atoms. The number of amides is 1. The molecule has 1 fully saturated rings. The molecule has 1 unspecified atom stereocenters. The van der Waals surface area contributed by atoms with Gasteiger partial charge in [-0.3, -0.25) is 4.79 Å². The van der Waals surface area contributed by atoms with Gasteiger partial charge in [-0.25, -0.2) is 4.79 Å². The van der Waals surface area contributed by atoms with Gasteiger partial charge in [0.05, 0.1) is 10.7 Å². The molecule has 0 saturated carbocycles.